The van der Waals surface area contributed by atoms with E-state index in [4.69, 9.17) is 4.74 Å². The van der Waals surface area contributed by atoms with Gasteiger partial charge in [-0.1, -0.05) is 13.8 Å². The van der Waals surface area contributed by atoms with Crippen LogP contribution in [0.3, 0.4) is 0 Å². The van der Waals surface area contributed by atoms with Gasteiger partial charge in [0.1, 0.15) is 6.04 Å². The molecule has 2 atom stereocenters. The Balaban J connectivity index is 2.20. The number of hydrogen-bond donors (Lipinski definition) is 2. The van der Waals surface area contributed by atoms with E-state index in [1.807, 2.05) is 13.8 Å². The van der Waals surface area contributed by atoms with Crippen LogP contribution in [0.4, 0.5) is 0 Å². The van der Waals surface area contributed by atoms with E-state index in [0.717, 1.165) is 25.8 Å². The Morgan fingerprint density at radius 3 is 2.65 bits per heavy atom. The van der Waals surface area contributed by atoms with Crippen molar-refractivity contribution in [3.05, 3.63) is 0 Å². The van der Waals surface area contributed by atoms with E-state index in [0.29, 0.717) is 12.1 Å². The van der Waals surface area contributed by atoms with Crippen molar-refractivity contribution in [3.63, 3.8) is 0 Å². The summed E-state index contributed by atoms with van der Waals surface area (Å²) in [7, 11) is 0. The Kier molecular flexibility index (Phi) is 5.92. The Morgan fingerprint density at radius 2 is 2.06 bits per heavy atom. The lowest BCUT2D eigenvalue weighted by Gasteiger charge is -2.16. The van der Waals surface area contributed by atoms with Gasteiger partial charge in [-0.05, 0) is 39.7 Å². The third kappa shape index (κ3) is 5.50. The maximum Gasteiger partial charge on any atom is 0.323 e. The topological polar surface area (TPSA) is 50.4 Å². The van der Waals surface area contributed by atoms with Crippen LogP contribution in [0.5, 0.6) is 0 Å². The lowest BCUT2D eigenvalue weighted by molar-refractivity contribution is -0.149. The molecule has 1 fully saturated rings. The summed E-state index contributed by atoms with van der Waals surface area (Å²) in [5.74, 6) is -0.0979. The molecule has 0 aromatic heterocycles. The molecular weight excluding hydrogens is 216 g/mol. The fourth-order valence-electron chi connectivity index (χ4n) is 2.09. The molecule has 1 aliphatic rings. The molecule has 0 saturated carbocycles. The van der Waals surface area contributed by atoms with E-state index in [9.17, 15) is 4.79 Å². The minimum atomic E-state index is -0.0979. The zero-order chi connectivity index (χ0) is 12.8. The quantitative estimate of drug-likeness (QED) is 0.692. The van der Waals surface area contributed by atoms with Crippen LogP contribution in [-0.4, -0.2) is 36.7 Å². The number of nitrogens with one attached hydrogen (secondary N) is 2. The highest BCUT2D eigenvalue weighted by Gasteiger charge is 2.30. The van der Waals surface area contributed by atoms with Crippen molar-refractivity contribution in [3.8, 4) is 0 Å². The van der Waals surface area contributed by atoms with Gasteiger partial charge in [-0.25, -0.2) is 0 Å². The molecule has 1 heterocycles. The van der Waals surface area contributed by atoms with E-state index in [-0.39, 0.29) is 18.1 Å². The summed E-state index contributed by atoms with van der Waals surface area (Å²) in [6.07, 6.45) is 3.02. The van der Waals surface area contributed by atoms with Gasteiger partial charge in [0.05, 0.1) is 6.10 Å². The number of carbonyl (C=O) groups is 1. The van der Waals surface area contributed by atoms with Gasteiger partial charge in [-0.15, -0.1) is 0 Å². The molecule has 1 saturated heterocycles. The fraction of sp³-hybridized carbons (Fsp3) is 0.923. The summed E-state index contributed by atoms with van der Waals surface area (Å²) in [5, 5.41) is 6.75. The normalized spacial score (nSPS) is 24.6. The van der Waals surface area contributed by atoms with Crippen molar-refractivity contribution in [2.45, 2.75) is 71.2 Å². The summed E-state index contributed by atoms with van der Waals surface area (Å²) in [4.78, 5) is 11.7. The maximum absolute atomic E-state index is 11.7. The molecule has 0 bridgehead atoms. The molecule has 1 aliphatic heterocycles. The zero-order valence-corrected chi connectivity index (χ0v) is 11.5. The van der Waals surface area contributed by atoms with Crippen molar-refractivity contribution in [1.29, 1.82) is 0 Å². The second kappa shape index (κ2) is 6.97. The maximum atomic E-state index is 11.7. The molecule has 4 nitrogen and oxygen atoms in total. The molecule has 17 heavy (non-hydrogen) atoms. The average Bonchev–Trinajstić information content (AvgIpc) is 2.64. The van der Waals surface area contributed by atoms with Gasteiger partial charge in [0.25, 0.3) is 0 Å². The molecular formula is C13H26N2O2. The van der Waals surface area contributed by atoms with Gasteiger partial charge in [0.15, 0.2) is 0 Å². The van der Waals surface area contributed by atoms with E-state index in [1.54, 1.807) is 0 Å². The lowest BCUT2D eigenvalue weighted by Crippen LogP contribution is -2.39. The SMILES string of the molecule is CC(C)NCCC1CCC(C(=O)OC(C)C)N1. The van der Waals surface area contributed by atoms with E-state index < -0.39 is 0 Å². The third-order valence-electron chi connectivity index (χ3n) is 2.92. The van der Waals surface area contributed by atoms with Crippen LogP contribution in [0, 0.1) is 0 Å². The molecule has 0 radical (unpaired) electrons. The smallest absolute Gasteiger partial charge is 0.323 e. The average molecular weight is 242 g/mol. The number of hydrogen-bond acceptors (Lipinski definition) is 4. The molecule has 0 amide bonds. The Labute approximate surface area is 104 Å². The Morgan fingerprint density at radius 1 is 1.35 bits per heavy atom. The summed E-state index contributed by atoms with van der Waals surface area (Å²) >= 11 is 0. The molecule has 0 aromatic carbocycles. The van der Waals surface area contributed by atoms with Crippen molar-refractivity contribution in [2.75, 3.05) is 6.54 Å². The van der Waals surface area contributed by atoms with Crippen LogP contribution in [0.2, 0.25) is 0 Å². The van der Waals surface area contributed by atoms with Crippen LogP contribution in [-0.2, 0) is 9.53 Å². The molecule has 0 aliphatic carbocycles. The van der Waals surface area contributed by atoms with Gasteiger partial charge in [-0.3, -0.25) is 4.79 Å². The van der Waals surface area contributed by atoms with Crippen LogP contribution in [0.1, 0.15) is 47.0 Å². The fourth-order valence-corrected chi connectivity index (χ4v) is 2.09. The molecule has 2 unspecified atom stereocenters. The number of esters is 1. The molecule has 2 N–H and O–H groups in total. The summed E-state index contributed by atoms with van der Waals surface area (Å²) in [5.41, 5.74) is 0. The molecule has 4 heteroatoms. The first-order valence-corrected chi connectivity index (χ1v) is 6.69. The predicted molar refractivity (Wildman–Crippen MR) is 68.9 cm³/mol. The second-order valence-corrected chi connectivity index (χ2v) is 5.38. The van der Waals surface area contributed by atoms with E-state index >= 15 is 0 Å². The largest absolute Gasteiger partial charge is 0.462 e. The van der Waals surface area contributed by atoms with E-state index in [2.05, 4.69) is 24.5 Å². The highest BCUT2D eigenvalue weighted by molar-refractivity contribution is 5.76. The van der Waals surface area contributed by atoms with E-state index in [1.165, 1.54) is 0 Å². The summed E-state index contributed by atoms with van der Waals surface area (Å²) in [6.45, 7) is 9.06. The van der Waals surface area contributed by atoms with Gasteiger partial charge in [0, 0.05) is 12.1 Å². The lowest BCUT2D eigenvalue weighted by atomic mass is 10.1. The number of carbonyl (C=O) groups excluding carboxylic acids is 1. The van der Waals surface area contributed by atoms with Gasteiger partial charge >= 0.3 is 5.97 Å². The minimum Gasteiger partial charge on any atom is -0.462 e. The van der Waals surface area contributed by atoms with Gasteiger partial charge in [-0.2, -0.15) is 0 Å². The van der Waals surface area contributed by atoms with Crippen LogP contribution < -0.4 is 10.6 Å². The molecule has 0 aromatic rings. The zero-order valence-electron chi connectivity index (χ0n) is 11.5. The number of rotatable bonds is 6. The van der Waals surface area contributed by atoms with Crippen LogP contribution in [0.25, 0.3) is 0 Å². The van der Waals surface area contributed by atoms with Gasteiger partial charge < -0.3 is 15.4 Å². The van der Waals surface area contributed by atoms with Crippen molar-refractivity contribution in [2.24, 2.45) is 0 Å². The van der Waals surface area contributed by atoms with Crippen molar-refractivity contribution in [1.82, 2.24) is 10.6 Å². The Bertz CT molecular complexity index is 242. The molecule has 100 valence electrons. The standard InChI is InChI=1S/C13H26N2O2/c1-9(2)14-8-7-11-5-6-12(15-11)13(16)17-10(3)4/h9-12,14-15H,5-8H2,1-4H3. The van der Waals surface area contributed by atoms with Crippen molar-refractivity contribution < 1.29 is 9.53 Å². The van der Waals surface area contributed by atoms with Gasteiger partial charge in [0.2, 0.25) is 0 Å². The third-order valence-corrected chi connectivity index (χ3v) is 2.92. The Hall–Kier alpha value is -0.610. The first kappa shape index (κ1) is 14.5. The van der Waals surface area contributed by atoms with Crippen LogP contribution in [0.15, 0.2) is 0 Å². The first-order valence-electron chi connectivity index (χ1n) is 6.69. The first-order chi connectivity index (χ1) is 7.99. The summed E-state index contributed by atoms with van der Waals surface area (Å²) < 4.78 is 5.21. The number of ether oxygens (including phenoxy) is 1. The van der Waals surface area contributed by atoms with Crippen molar-refractivity contribution >= 4 is 5.97 Å². The summed E-state index contributed by atoms with van der Waals surface area (Å²) in [6, 6.07) is 0.880. The molecule has 1 rings (SSSR count). The highest BCUT2D eigenvalue weighted by Crippen LogP contribution is 2.16. The second-order valence-electron chi connectivity index (χ2n) is 5.38. The minimum absolute atomic E-state index is 0.0223. The predicted octanol–water partition coefficient (Wildman–Crippen LogP) is 1.45. The van der Waals surface area contributed by atoms with Crippen LogP contribution >= 0.6 is 0 Å². The highest BCUT2D eigenvalue weighted by atomic mass is 16.5. The monoisotopic (exact) mass is 242 g/mol. The molecule has 0 spiro atoms.